The van der Waals surface area contributed by atoms with Gasteiger partial charge >= 0.3 is 0 Å². The summed E-state index contributed by atoms with van der Waals surface area (Å²) in [4.78, 5) is 31.8. The summed E-state index contributed by atoms with van der Waals surface area (Å²) in [5.41, 5.74) is 2.93. The highest BCUT2D eigenvalue weighted by Gasteiger charge is 2.28. The summed E-state index contributed by atoms with van der Waals surface area (Å²) in [6.07, 6.45) is 2.16. The molecule has 2 amide bonds. The van der Waals surface area contributed by atoms with Crippen LogP contribution in [-0.4, -0.2) is 34.8 Å². The Labute approximate surface area is 177 Å². The first-order valence-corrected chi connectivity index (χ1v) is 10.6. The van der Waals surface area contributed by atoms with Crippen molar-refractivity contribution in [2.24, 2.45) is 5.92 Å². The molecular weight excluding hydrogens is 381 g/mol. The highest BCUT2D eigenvalue weighted by Crippen LogP contribution is 2.30. The van der Waals surface area contributed by atoms with Crippen LogP contribution in [0.2, 0.25) is 0 Å². The molecular formula is C24H30FN3O2. The largest absolute Gasteiger partial charge is 0.348 e. The number of pyridine rings is 1. The first-order chi connectivity index (χ1) is 14.3. The number of amides is 2. The number of carbonyl (C=O) groups excluding carboxylic acids is 2. The lowest BCUT2D eigenvalue weighted by Gasteiger charge is -2.33. The Hall–Kier alpha value is -2.76. The molecule has 2 heterocycles. The van der Waals surface area contributed by atoms with Gasteiger partial charge in [0.15, 0.2) is 0 Å². The number of benzene rings is 1. The van der Waals surface area contributed by atoms with E-state index in [0.717, 1.165) is 24.2 Å². The summed E-state index contributed by atoms with van der Waals surface area (Å²) in [5, 5.41) is 2.88. The fourth-order valence-electron chi connectivity index (χ4n) is 3.89. The summed E-state index contributed by atoms with van der Waals surface area (Å²) in [6.45, 7) is 7.66. The highest BCUT2D eigenvalue weighted by molar-refractivity contribution is 5.95. The van der Waals surface area contributed by atoms with Gasteiger partial charge in [-0.2, -0.15) is 0 Å². The number of aromatic nitrogens is 1. The molecule has 0 saturated carbocycles. The Morgan fingerprint density at radius 1 is 1.20 bits per heavy atom. The fourth-order valence-corrected chi connectivity index (χ4v) is 3.89. The molecule has 1 aliphatic heterocycles. The van der Waals surface area contributed by atoms with Crippen LogP contribution in [0, 0.1) is 18.7 Å². The molecule has 30 heavy (non-hydrogen) atoms. The summed E-state index contributed by atoms with van der Waals surface area (Å²) in [7, 11) is 0. The molecule has 160 valence electrons. The van der Waals surface area contributed by atoms with E-state index >= 15 is 0 Å². The maximum absolute atomic E-state index is 13.4. The van der Waals surface area contributed by atoms with E-state index in [2.05, 4.69) is 24.1 Å². The van der Waals surface area contributed by atoms with Gasteiger partial charge in [0.05, 0.1) is 11.3 Å². The third kappa shape index (κ3) is 5.65. The first kappa shape index (κ1) is 21.9. The zero-order chi connectivity index (χ0) is 21.7. The van der Waals surface area contributed by atoms with Gasteiger partial charge in [0.2, 0.25) is 5.91 Å². The predicted molar refractivity (Wildman–Crippen MR) is 115 cm³/mol. The number of likely N-dealkylation sites (tertiary alicyclic amines) is 1. The van der Waals surface area contributed by atoms with Crippen LogP contribution in [-0.2, 0) is 11.3 Å². The number of hydrogen-bond donors (Lipinski definition) is 1. The molecule has 1 aliphatic rings. The molecule has 0 bridgehead atoms. The van der Waals surface area contributed by atoms with Crippen molar-refractivity contribution >= 4 is 11.8 Å². The molecule has 0 spiro atoms. The number of nitrogens with one attached hydrogen (secondary N) is 1. The van der Waals surface area contributed by atoms with E-state index in [1.165, 1.54) is 12.1 Å². The number of halogens is 1. The zero-order valence-electron chi connectivity index (χ0n) is 18.0. The molecule has 3 rings (SSSR count). The van der Waals surface area contributed by atoms with Crippen LogP contribution >= 0.6 is 0 Å². The maximum atomic E-state index is 13.4. The first-order valence-electron chi connectivity index (χ1n) is 10.6. The topological polar surface area (TPSA) is 62.3 Å². The molecule has 0 atom stereocenters. The lowest BCUT2D eigenvalue weighted by Crippen LogP contribution is -2.39. The summed E-state index contributed by atoms with van der Waals surface area (Å²) in [5.74, 6) is 0.164. The number of hydrogen-bond acceptors (Lipinski definition) is 3. The van der Waals surface area contributed by atoms with Crippen LogP contribution in [0.3, 0.4) is 0 Å². The average molecular weight is 412 g/mol. The SMILES string of the molecule is Cc1ccc(C(=O)NCc2cccc(F)c2)c(C2CCN(C(=O)CC(C)C)CC2)n1. The number of aryl methyl sites for hydroxylation is 1. The van der Waals surface area contributed by atoms with Crippen molar-refractivity contribution in [2.45, 2.75) is 52.5 Å². The van der Waals surface area contributed by atoms with Gasteiger partial charge < -0.3 is 10.2 Å². The Bertz CT molecular complexity index is 905. The van der Waals surface area contributed by atoms with Gasteiger partial charge in [0.1, 0.15) is 5.82 Å². The van der Waals surface area contributed by atoms with E-state index in [0.29, 0.717) is 36.6 Å². The van der Waals surface area contributed by atoms with Crippen molar-refractivity contribution in [3.05, 3.63) is 64.7 Å². The van der Waals surface area contributed by atoms with Crippen LogP contribution in [0.15, 0.2) is 36.4 Å². The second kappa shape index (κ2) is 9.83. The monoisotopic (exact) mass is 411 g/mol. The molecule has 2 aromatic rings. The Balaban J connectivity index is 1.68. The highest BCUT2D eigenvalue weighted by atomic mass is 19.1. The van der Waals surface area contributed by atoms with E-state index in [1.54, 1.807) is 12.1 Å². The van der Waals surface area contributed by atoms with E-state index in [1.807, 2.05) is 24.0 Å². The number of piperidine rings is 1. The van der Waals surface area contributed by atoms with Gasteiger partial charge in [-0.3, -0.25) is 14.6 Å². The smallest absolute Gasteiger partial charge is 0.253 e. The Kier molecular flexibility index (Phi) is 7.19. The fraction of sp³-hybridized carbons (Fsp3) is 0.458. The molecule has 0 radical (unpaired) electrons. The van der Waals surface area contributed by atoms with Crippen LogP contribution < -0.4 is 5.32 Å². The summed E-state index contributed by atoms with van der Waals surface area (Å²) in [6, 6.07) is 9.85. The molecule has 1 fully saturated rings. The molecule has 0 unspecified atom stereocenters. The second-order valence-electron chi connectivity index (χ2n) is 8.45. The standard InChI is InChI=1S/C24H30FN3O2/c1-16(2)13-22(29)28-11-9-19(10-12-28)23-21(8-7-17(3)27-23)24(30)26-15-18-5-4-6-20(25)14-18/h4-8,14,16,19H,9-13,15H2,1-3H3,(H,26,30). The van der Waals surface area contributed by atoms with Crippen molar-refractivity contribution in [3.63, 3.8) is 0 Å². The Morgan fingerprint density at radius 3 is 2.60 bits per heavy atom. The molecule has 1 N–H and O–H groups in total. The summed E-state index contributed by atoms with van der Waals surface area (Å²) >= 11 is 0. The van der Waals surface area contributed by atoms with E-state index in [4.69, 9.17) is 0 Å². The molecule has 6 heteroatoms. The number of rotatable bonds is 6. The molecule has 1 saturated heterocycles. The quantitative estimate of drug-likeness (QED) is 0.774. The van der Waals surface area contributed by atoms with Crippen molar-refractivity contribution in [3.8, 4) is 0 Å². The summed E-state index contributed by atoms with van der Waals surface area (Å²) < 4.78 is 13.4. The normalized spacial score (nSPS) is 14.8. The van der Waals surface area contributed by atoms with Gasteiger partial charge in [-0.05, 0) is 55.5 Å². The molecule has 5 nitrogen and oxygen atoms in total. The van der Waals surface area contributed by atoms with Gasteiger partial charge in [-0.1, -0.05) is 26.0 Å². The maximum Gasteiger partial charge on any atom is 0.253 e. The minimum atomic E-state index is -0.321. The predicted octanol–water partition coefficient (Wildman–Crippen LogP) is 4.21. The van der Waals surface area contributed by atoms with Crippen molar-refractivity contribution < 1.29 is 14.0 Å². The van der Waals surface area contributed by atoms with E-state index in [-0.39, 0.29) is 30.1 Å². The second-order valence-corrected chi connectivity index (χ2v) is 8.45. The van der Waals surface area contributed by atoms with Gasteiger partial charge in [-0.15, -0.1) is 0 Å². The average Bonchev–Trinajstić information content (AvgIpc) is 2.71. The van der Waals surface area contributed by atoms with E-state index in [9.17, 15) is 14.0 Å². The minimum absolute atomic E-state index is 0.142. The van der Waals surface area contributed by atoms with E-state index < -0.39 is 0 Å². The van der Waals surface area contributed by atoms with Crippen LogP contribution in [0.4, 0.5) is 4.39 Å². The van der Waals surface area contributed by atoms with Crippen molar-refractivity contribution in [1.29, 1.82) is 0 Å². The third-order valence-corrected chi connectivity index (χ3v) is 5.47. The Morgan fingerprint density at radius 2 is 1.93 bits per heavy atom. The number of nitrogens with zero attached hydrogens (tertiary/aromatic N) is 2. The molecule has 0 aliphatic carbocycles. The molecule has 1 aromatic carbocycles. The minimum Gasteiger partial charge on any atom is -0.348 e. The van der Waals surface area contributed by atoms with Gasteiger partial charge in [0, 0.05) is 37.7 Å². The molecule has 1 aromatic heterocycles. The lowest BCUT2D eigenvalue weighted by molar-refractivity contribution is -0.133. The lowest BCUT2D eigenvalue weighted by atomic mass is 9.89. The third-order valence-electron chi connectivity index (χ3n) is 5.47. The van der Waals surface area contributed by atoms with Crippen molar-refractivity contribution in [1.82, 2.24) is 15.2 Å². The van der Waals surface area contributed by atoms with Crippen LogP contribution in [0.1, 0.15) is 66.3 Å². The zero-order valence-corrected chi connectivity index (χ0v) is 18.0. The van der Waals surface area contributed by atoms with Crippen LogP contribution in [0.5, 0.6) is 0 Å². The number of carbonyl (C=O) groups is 2. The van der Waals surface area contributed by atoms with Crippen molar-refractivity contribution in [2.75, 3.05) is 13.1 Å². The van der Waals surface area contributed by atoms with Crippen LogP contribution in [0.25, 0.3) is 0 Å². The van der Waals surface area contributed by atoms with Gasteiger partial charge in [0.25, 0.3) is 5.91 Å². The van der Waals surface area contributed by atoms with Gasteiger partial charge in [-0.25, -0.2) is 4.39 Å².